The number of carboxylic acid groups (broad SMARTS) is 1. The van der Waals surface area contributed by atoms with Gasteiger partial charge in [-0.2, -0.15) is 0 Å². The standard InChI is InChI=1S/C11H15N3O3/c1-14-6-5-12-9(10(14)15)13-8-4-2-3-7(8)11(16)17/h5-8H,2-4H2,1H3,(H,12,13)(H,16,17)/t7-,8+/m0/s1. The van der Waals surface area contributed by atoms with Crippen LogP contribution < -0.4 is 10.9 Å². The fraction of sp³-hybridized carbons (Fsp3) is 0.545. The van der Waals surface area contributed by atoms with Gasteiger partial charge >= 0.3 is 5.97 Å². The molecule has 92 valence electrons. The number of nitrogens with zero attached hydrogens (tertiary/aromatic N) is 2. The number of rotatable bonds is 3. The molecule has 1 fully saturated rings. The number of aryl methyl sites for hydroxylation is 1. The summed E-state index contributed by atoms with van der Waals surface area (Å²) in [5, 5.41) is 12.0. The number of hydrogen-bond acceptors (Lipinski definition) is 4. The highest BCUT2D eigenvalue weighted by atomic mass is 16.4. The molecular weight excluding hydrogens is 222 g/mol. The Morgan fingerprint density at radius 3 is 3.06 bits per heavy atom. The molecule has 6 heteroatoms. The summed E-state index contributed by atoms with van der Waals surface area (Å²) in [7, 11) is 1.64. The Morgan fingerprint density at radius 2 is 2.35 bits per heavy atom. The highest BCUT2D eigenvalue weighted by Crippen LogP contribution is 2.27. The van der Waals surface area contributed by atoms with Gasteiger partial charge in [0.15, 0.2) is 5.82 Å². The van der Waals surface area contributed by atoms with Crippen LogP contribution in [-0.2, 0) is 11.8 Å². The van der Waals surface area contributed by atoms with Crippen LogP contribution >= 0.6 is 0 Å². The van der Waals surface area contributed by atoms with Gasteiger partial charge in [0.05, 0.1) is 5.92 Å². The minimum atomic E-state index is -0.812. The molecule has 1 heterocycles. The second kappa shape index (κ2) is 4.57. The van der Waals surface area contributed by atoms with Crippen LogP contribution in [0.5, 0.6) is 0 Å². The molecule has 1 aromatic heterocycles. The largest absolute Gasteiger partial charge is 0.481 e. The number of aliphatic carboxylic acids is 1. The van der Waals surface area contributed by atoms with Crippen molar-refractivity contribution < 1.29 is 9.90 Å². The molecule has 17 heavy (non-hydrogen) atoms. The van der Waals surface area contributed by atoms with E-state index in [1.165, 1.54) is 10.8 Å². The summed E-state index contributed by atoms with van der Waals surface area (Å²) in [5.41, 5.74) is -0.233. The van der Waals surface area contributed by atoms with Crippen LogP contribution in [0, 0.1) is 5.92 Å². The van der Waals surface area contributed by atoms with Crippen LogP contribution in [0.2, 0.25) is 0 Å². The van der Waals surface area contributed by atoms with Gasteiger partial charge in [0.25, 0.3) is 5.56 Å². The van der Waals surface area contributed by atoms with Gasteiger partial charge in [0.2, 0.25) is 0 Å². The molecular formula is C11H15N3O3. The van der Waals surface area contributed by atoms with Crippen molar-refractivity contribution in [2.75, 3.05) is 5.32 Å². The van der Waals surface area contributed by atoms with E-state index in [9.17, 15) is 9.59 Å². The Bertz CT molecular complexity index is 483. The van der Waals surface area contributed by atoms with E-state index in [0.717, 1.165) is 12.8 Å². The quantitative estimate of drug-likeness (QED) is 0.797. The first-order valence-electron chi connectivity index (χ1n) is 5.60. The number of aromatic nitrogens is 2. The third kappa shape index (κ3) is 2.30. The second-order valence-electron chi connectivity index (χ2n) is 4.32. The topological polar surface area (TPSA) is 84.2 Å². The molecule has 0 spiro atoms. The van der Waals surface area contributed by atoms with Gasteiger partial charge < -0.3 is 15.0 Å². The molecule has 0 bridgehead atoms. The van der Waals surface area contributed by atoms with Crippen LogP contribution in [-0.4, -0.2) is 26.7 Å². The molecule has 6 nitrogen and oxygen atoms in total. The monoisotopic (exact) mass is 237 g/mol. The predicted octanol–water partition coefficient (Wildman–Crippen LogP) is 0.445. The smallest absolute Gasteiger partial charge is 0.308 e. The number of carboxylic acids is 1. The predicted molar refractivity (Wildman–Crippen MR) is 61.9 cm³/mol. The van der Waals surface area contributed by atoms with Crippen molar-refractivity contribution in [3.05, 3.63) is 22.7 Å². The minimum Gasteiger partial charge on any atom is -0.481 e. The van der Waals surface area contributed by atoms with Crippen LogP contribution in [0.15, 0.2) is 17.2 Å². The zero-order valence-electron chi connectivity index (χ0n) is 9.59. The van der Waals surface area contributed by atoms with Gasteiger partial charge in [0, 0.05) is 25.5 Å². The van der Waals surface area contributed by atoms with Crippen molar-refractivity contribution in [1.82, 2.24) is 9.55 Å². The Hall–Kier alpha value is -1.85. The van der Waals surface area contributed by atoms with Crippen molar-refractivity contribution >= 4 is 11.8 Å². The van der Waals surface area contributed by atoms with E-state index < -0.39 is 11.9 Å². The van der Waals surface area contributed by atoms with Crippen LogP contribution in [0.1, 0.15) is 19.3 Å². The van der Waals surface area contributed by atoms with Gasteiger partial charge in [-0.3, -0.25) is 9.59 Å². The van der Waals surface area contributed by atoms with Gasteiger partial charge in [-0.15, -0.1) is 0 Å². The Balaban J connectivity index is 2.18. The van der Waals surface area contributed by atoms with Crippen molar-refractivity contribution in [1.29, 1.82) is 0 Å². The fourth-order valence-electron chi connectivity index (χ4n) is 2.20. The van der Waals surface area contributed by atoms with Crippen molar-refractivity contribution in [2.24, 2.45) is 13.0 Å². The van der Waals surface area contributed by atoms with Crippen molar-refractivity contribution in [3.8, 4) is 0 Å². The molecule has 2 N–H and O–H groups in total. The number of anilines is 1. The first-order chi connectivity index (χ1) is 8.09. The van der Waals surface area contributed by atoms with E-state index in [4.69, 9.17) is 5.11 Å². The van der Waals surface area contributed by atoms with Crippen molar-refractivity contribution in [3.63, 3.8) is 0 Å². The summed E-state index contributed by atoms with van der Waals surface area (Å²) in [6.07, 6.45) is 5.37. The van der Waals surface area contributed by atoms with Gasteiger partial charge in [-0.05, 0) is 12.8 Å². The highest BCUT2D eigenvalue weighted by molar-refractivity contribution is 5.72. The summed E-state index contributed by atoms with van der Waals surface area (Å²) in [6.45, 7) is 0. The molecule has 0 saturated heterocycles. The molecule has 0 aromatic carbocycles. The molecule has 1 aliphatic carbocycles. The summed E-state index contributed by atoms with van der Waals surface area (Å²) >= 11 is 0. The summed E-state index contributed by atoms with van der Waals surface area (Å²) in [5.74, 6) is -1.01. The van der Waals surface area contributed by atoms with E-state index in [0.29, 0.717) is 6.42 Å². The Kier molecular flexibility index (Phi) is 3.12. The number of carbonyl (C=O) groups is 1. The van der Waals surface area contributed by atoms with E-state index in [1.807, 2.05) is 0 Å². The van der Waals surface area contributed by atoms with Gasteiger partial charge in [0.1, 0.15) is 0 Å². The molecule has 0 radical (unpaired) electrons. The Labute approximate surface area is 98.3 Å². The normalized spacial score (nSPS) is 23.6. The zero-order valence-corrected chi connectivity index (χ0v) is 9.59. The van der Waals surface area contributed by atoms with Crippen molar-refractivity contribution in [2.45, 2.75) is 25.3 Å². The third-order valence-corrected chi connectivity index (χ3v) is 3.17. The lowest BCUT2D eigenvalue weighted by Gasteiger charge is -2.17. The van der Waals surface area contributed by atoms with E-state index in [1.54, 1.807) is 13.2 Å². The molecule has 1 saturated carbocycles. The molecule has 0 unspecified atom stereocenters. The lowest BCUT2D eigenvalue weighted by Crippen LogP contribution is -2.33. The SMILES string of the molecule is Cn1ccnc(N[C@@H]2CCC[C@@H]2C(=O)O)c1=O. The maximum atomic E-state index is 11.7. The van der Waals surface area contributed by atoms with E-state index in [2.05, 4.69) is 10.3 Å². The highest BCUT2D eigenvalue weighted by Gasteiger charge is 2.33. The molecule has 0 aliphatic heterocycles. The molecule has 1 aliphatic rings. The van der Waals surface area contributed by atoms with Crippen LogP contribution in [0.25, 0.3) is 0 Å². The molecule has 2 rings (SSSR count). The van der Waals surface area contributed by atoms with Gasteiger partial charge in [-0.25, -0.2) is 4.98 Å². The molecule has 1 aromatic rings. The second-order valence-corrected chi connectivity index (χ2v) is 4.32. The summed E-state index contributed by atoms with van der Waals surface area (Å²) in [6, 6.07) is -0.199. The zero-order chi connectivity index (χ0) is 12.4. The van der Waals surface area contributed by atoms with E-state index >= 15 is 0 Å². The maximum absolute atomic E-state index is 11.7. The van der Waals surface area contributed by atoms with Crippen LogP contribution in [0.3, 0.4) is 0 Å². The molecule has 0 amide bonds. The number of nitrogens with one attached hydrogen (secondary N) is 1. The van der Waals surface area contributed by atoms with E-state index in [-0.39, 0.29) is 17.4 Å². The maximum Gasteiger partial charge on any atom is 0.308 e. The number of hydrogen-bond donors (Lipinski definition) is 2. The van der Waals surface area contributed by atoms with Gasteiger partial charge in [-0.1, -0.05) is 6.42 Å². The average Bonchev–Trinajstić information content (AvgIpc) is 2.73. The summed E-state index contributed by atoms with van der Waals surface area (Å²) in [4.78, 5) is 26.7. The minimum absolute atomic E-state index is 0.199. The average molecular weight is 237 g/mol. The van der Waals surface area contributed by atoms with Crippen LogP contribution in [0.4, 0.5) is 5.82 Å². The molecule has 2 atom stereocenters. The fourth-order valence-corrected chi connectivity index (χ4v) is 2.20. The first kappa shape index (κ1) is 11.6. The summed E-state index contributed by atoms with van der Waals surface area (Å²) < 4.78 is 1.42. The first-order valence-corrected chi connectivity index (χ1v) is 5.60. The lowest BCUT2D eigenvalue weighted by atomic mass is 10.0. The lowest BCUT2D eigenvalue weighted by molar-refractivity contribution is -0.141. The third-order valence-electron chi connectivity index (χ3n) is 3.17. The Morgan fingerprint density at radius 1 is 1.59 bits per heavy atom.